The van der Waals surface area contributed by atoms with Gasteiger partial charge in [-0.25, -0.2) is 4.68 Å². The second-order valence-electron chi connectivity index (χ2n) is 4.15. The minimum atomic E-state index is 0.272. The Labute approximate surface area is 111 Å². The van der Waals surface area contributed by atoms with Gasteiger partial charge < -0.3 is 5.73 Å². The molecule has 0 saturated heterocycles. The Morgan fingerprint density at radius 3 is 2.72 bits per heavy atom. The van der Waals surface area contributed by atoms with Crippen molar-refractivity contribution in [2.45, 2.75) is 32.7 Å². The minimum Gasteiger partial charge on any atom is -0.398 e. The monoisotopic (exact) mass is 265 g/mol. The highest BCUT2D eigenvalue weighted by Gasteiger charge is 2.17. The average molecular weight is 266 g/mol. The third kappa shape index (κ3) is 2.31. The highest BCUT2D eigenvalue weighted by molar-refractivity contribution is 6.31. The number of aromatic nitrogens is 4. The lowest BCUT2D eigenvalue weighted by Crippen LogP contribution is -2.11. The second-order valence-corrected chi connectivity index (χ2v) is 4.59. The lowest BCUT2D eigenvalue weighted by molar-refractivity contribution is 0.422. The first-order valence-corrected chi connectivity index (χ1v) is 6.38. The number of nitrogens with two attached hydrogens (primary N) is 1. The Hall–Kier alpha value is -1.62. The maximum Gasteiger partial charge on any atom is 0.184 e. The van der Waals surface area contributed by atoms with Crippen molar-refractivity contribution < 1.29 is 0 Å². The molecular weight excluding hydrogens is 250 g/mol. The summed E-state index contributed by atoms with van der Waals surface area (Å²) in [7, 11) is 0. The fourth-order valence-electron chi connectivity index (χ4n) is 1.97. The largest absolute Gasteiger partial charge is 0.398 e. The van der Waals surface area contributed by atoms with Crippen LogP contribution in [0.15, 0.2) is 18.2 Å². The number of rotatable bonds is 4. The zero-order valence-electron chi connectivity index (χ0n) is 10.5. The van der Waals surface area contributed by atoms with E-state index < -0.39 is 0 Å². The molecule has 1 aromatic heterocycles. The van der Waals surface area contributed by atoms with E-state index in [9.17, 15) is 0 Å². The van der Waals surface area contributed by atoms with E-state index in [2.05, 4.69) is 29.4 Å². The quantitative estimate of drug-likeness (QED) is 0.863. The Morgan fingerprint density at radius 1 is 1.33 bits per heavy atom. The van der Waals surface area contributed by atoms with Gasteiger partial charge in [-0.2, -0.15) is 0 Å². The molecule has 96 valence electrons. The first-order chi connectivity index (χ1) is 8.67. The molecule has 0 saturated carbocycles. The predicted octanol–water partition coefficient (Wildman–Crippen LogP) is 2.94. The lowest BCUT2D eigenvalue weighted by Gasteiger charge is -2.15. The topological polar surface area (TPSA) is 69.6 Å². The zero-order chi connectivity index (χ0) is 13.1. The normalized spacial score (nSPS) is 11.1. The molecule has 1 aromatic carbocycles. The van der Waals surface area contributed by atoms with Crippen LogP contribution >= 0.6 is 11.6 Å². The van der Waals surface area contributed by atoms with Gasteiger partial charge in [0.05, 0.1) is 6.04 Å². The van der Waals surface area contributed by atoms with Crippen LogP contribution in [0.5, 0.6) is 0 Å². The first kappa shape index (κ1) is 12.8. The molecule has 5 nitrogen and oxygen atoms in total. The van der Waals surface area contributed by atoms with Gasteiger partial charge in [0.25, 0.3) is 0 Å². The molecule has 2 aromatic rings. The van der Waals surface area contributed by atoms with Gasteiger partial charge in [0.15, 0.2) is 5.82 Å². The molecule has 2 rings (SSSR count). The number of tetrazole rings is 1. The van der Waals surface area contributed by atoms with Crippen molar-refractivity contribution in [1.82, 2.24) is 20.2 Å². The molecule has 18 heavy (non-hydrogen) atoms. The molecule has 0 radical (unpaired) electrons. The maximum atomic E-state index is 6.00. The van der Waals surface area contributed by atoms with Crippen LogP contribution in [0.1, 0.15) is 32.7 Å². The summed E-state index contributed by atoms with van der Waals surface area (Å²) in [5.74, 6) is 0.670. The number of anilines is 1. The standard InChI is InChI=1S/C12H16ClN5/c1-3-9(4-2)18-12(15-16-17-18)10-7-8(13)5-6-11(10)14/h5-7,9H,3-4,14H2,1-2H3. The molecular formula is C12H16ClN5. The molecule has 6 heteroatoms. The summed E-state index contributed by atoms with van der Waals surface area (Å²) in [5.41, 5.74) is 7.37. The molecule has 0 aliphatic rings. The van der Waals surface area contributed by atoms with E-state index in [1.165, 1.54) is 0 Å². The third-order valence-corrected chi connectivity index (χ3v) is 3.27. The average Bonchev–Trinajstić information content (AvgIpc) is 2.83. The Kier molecular flexibility index (Phi) is 3.81. The summed E-state index contributed by atoms with van der Waals surface area (Å²) in [4.78, 5) is 0. The Bertz CT molecular complexity index is 533. The van der Waals surface area contributed by atoms with Crippen LogP contribution in [-0.4, -0.2) is 20.2 Å². The zero-order valence-corrected chi connectivity index (χ0v) is 11.2. The molecule has 0 spiro atoms. The summed E-state index contributed by atoms with van der Waals surface area (Å²) >= 11 is 6.00. The van der Waals surface area contributed by atoms with E-state index >= 15 is 0 Å². The van der Waals surface area contributed by atoms with Crippen molar-refractivity contribution in [2.75, 3.05) is 5.73 Å². The van der Waals surface area contributed by atoms with Crippen molar-refractivity contribution in [3.05, 3.63) is 23.2 Å². The van der Waals surface area contributed by atoms with E-state index in [-0.39, 0.29) is 6.04 Å². The molecule has 0 atom stereocenters. The Morgan fingerprint density at radius 2 is 2.06 bits per heavy atom. The molecule has 0 amide bonds. The van der Waals surface area contributed by atoms with Crippen LogP contribution in [0.4, 0.5) is 5.69 Å². The van der Waals surface area contributed by atoms with E-state index in [0.717, 1.165) is 18.4 Å². The SMILES string of the molecule is CCC(CC)n1nnnc1-c1cc(Cl)ccc1N. The molecule has 0 fully saturated rings. The molecule has 0 bridgehead atoms. The van der Waals surface area contributed by atoms with E-state index in [1.54, 1.807) is 18.2 Å². The minimum absolute atomic E-state index is 0.272. The van der Waals surface area contributed by atoms with Crippen molar-refractivity contribution in [3.8, 4) is 11.4 Å². The fourth-order valence-corrected chi connectivity index (χ4v) is 2.15. The second kappa shape index (κ2) is 5.35. The first-order valence-electron chi connectivity index (χ1n) is 6.00. The highest BCUT2D eigenvalue weighted by Crippen LogP contribution is 2.29. The Balaban J connectivity index is 2.51. The van der Waals surface area contributed by atoms with Gasteiger partial charge in [0.2, 0.25) is 0 Å². The number of nitrogens with zero attached hydrogens (tertiary/aromatic N) is 4. The molecule has 1 heterocycles. The summed E-state index contributed by atoms with van der Waals surface area (Å²) in [5, 5.41) is 12.5. The van der Waals surface area contributed by atoms with Crippen molar-refractivity contribution in [2.24, 2.45) is 0 Å². The van der Waals surface area contributed by atoms with E-state index in [4.69, 9.17) is 17.3 Å². The predicted molar refractivity (Wildman–Crippen MR) is 72.3 cm³/mol. The van der Waals surface area contributed by atoms with Gasteiger partial charge in [-0.3, -0.25) is 0 Å². The third-order valence-electron chi connectivity index (χ3n) is 3.04. The summed E-state index contributed by atoms with van der Waals surface area (Å²) in [6.45, 7) is 4.22. The van der Waals surface area contributed by atoms with Gasteiger partial charge in [-0.05, 0) is 41.5 Å². The van der Waals surface area contributed by atoms with Gasteiger partial charge in [0.1, 0.15) is 0 Å². The molecule has 0 unspecified atom stereocenters. The van der Waals surface area contributed by atoms with Crippen LogP contribution in [-0.2, 0) is 0 Å². The lowest BCUT2D eigenvalue weighted by atomic mass is 10.1. The van der Waals surface area contributed by atoms with Gasteiger partial charge >= 0.3 is 0 Å². The number of hydrogen-bond acceptors (Lipinski definition) is 4. The number of halogens is 1. The maximum absolute atomic E-state index is 6.00. The summed E-state index contributed by atoms with van der Waals surface area (Å²) in [6.07, 6.45) is 1.93. The van der Waals surface area contributed by atoms with E-state index in [1.807, 2.05) is 4.68 Å². The smallest absolute Gasteiger partial charge is 0.184 e. The molecule has 0 aliphatic heterocycles. The van der Waals surface area contributed by atoms with Crippen LogP contribution in [0, 0.1) is 0 Å². The molecule has 2 N–H and O–H groups in total. The molecule has 0 aliphatic carbocycles. The van der Waals surface area contributed by atoms with Gasteiger partial charge in [-0.15, -0.1) is 5.10 Å². The van der Waals surface area contributed by atoms with Crippen LogP contribution < -0.4 is 5.73 Å². The number of nitrogen functional groups attached to an aromatic ring is 1. The summed E-state index contributed by atoms with van der Waals surface area (Å²) < 4.78 is 1.82. The number of hydrogen-bond donors (Lipinski definition) is 1. The number of benzene rings is 1. The van der Waals surface area contributed by atoms with Crippen molar-refractivity contribution >= 4 is 17.3 Å². The highest BCUT2D eigenvalue weighted by atomic mass is 35.5. The fraction of sp³-hybridized carbons (Fsp3) is 0.417. The van der Waals surface area contributed by atoms with Crippen LogP contribution in [0.2, 0.25) is 5.02 Å². The van der Waals surface area contributed by atoms with Crippen molar-refractivity contribution in [1.29, 1.82) is 0 Å². The van der Waals surface area contributed by atoms with Crippen molar-refractivity contribution in [3.63, 3.8) is 0 Å². The van der Waals surface area contributed by atoms with Crippen LogP contribution in [0.3, 0.4) is 0 Å². The summed E-state index contributed by atoms with van der Waals surface area (Å²) in [6, 6.07) is 5.59. The van der Waals surface area contributed by atoms with Gasteiger partial charge in [-0.1, -0.05) is 25.4 Å². The van der Waals surface area contributed by atoms with Crippen LogP contribution in [0.25, 0.3) is 11.4 Å². The van der Waals surface area contributed by atoms with E-state index in [0.29, 0.717) is 16.5 Å². The van der Waals surface area contributed by atoms with Gasteiger partial charge in [0, 0.05) is 16.3 Å².